The van der Waals surface area contributed by atoms with Crippen molar-refractivity contribution < 1.29 is 14.3 Å². The van der Waals surface area contributed by atoms with Crippen LogP contribution < -0.4 is 11.5 Å². The van der Waals surface area contributed by atoms with Crippen LogP contribution in [0.25, 0.3) is 0 Å². The van der Waals surface area contributed by atoms with Gasteiger partial charge < -0.3 is 16.2 Å². The first-order valence-corrected chi connectivity index (χ1v) is 8.60. The average Bonchev–Trinajstić information content (AvgIpc) is 2.52. The summed E-state index contributed by atoms with van der Waals surface area (Å²) in [4.78, 5) is 23.2. The number of benzene rings is 1. The number of unbranched alkanes of at least 4 members (excludes halogenated alkanes) is 2. The van der Waals surface area contributed by atoms with Crippen LogP contribution in [0.2, 0.25) is 0 Å². The topological polar surface area (TPSA) is 95.4 Å². The number of carbonyl (C=O) groups is 2. The largest absolute Gasteiger partial charge is 0.392 e. The van der Waals surface area contributed by atoms with Gasteiger partial charge in [-0.1, -0.05) is 36.8 Å². The highest BCUT2D eigenvalue weighted by Gasteiger charge is 2.18. The number of rotatable bonds is 10. The summed E-state index contributed by atoms with van der Waals surface area (Å²) in [5.74, 6) is 0.0400. The summed E-state index contributed by atoms with van der Waals surface area (Å²) in [5, 5.41) is 0. The normalized spacial score (nSPS) is 11.9. The van der Waals surface area contributed by atoms with Crippen molar-refractivity contribution in [2.75, 3.05) is 12.3 Å². The lowest BCUT2D eigenvalue weighted by Crippen LogP contribution is -2.36. The molecule has 0 aliphatic heterocycles. The summed E-state index contributed by atoms with van der Waals surface area (Å²) >= 11 is 1.54. The molecule has 1 aromatic carbocycles. The van der Waals surface area contributed by atoms with Gasteiger partial charge in [-0.15, -0.1) is 0 Å². The van der Waals surface area contributed by atoms with Gasteiger partial charge in [-0.3, -0.25) is 4.79 Å². The molecule has 1 rings (SSSR count). The van der Waals surface area contributed by atoms with Gasteiger partial charge in [-0.05, 0) is 24.9 Å². The van der Waals surface area contributed by atoms with Gasteiger partial charge in [0, 0.05) is 17.9 Å². The van der Waals surface area contributed by atoms with E-state index in [4.69, 9.17) is 16.2 Å². The van der Waals surface area contributed by atoms with Gasteiger partial charge in [-0.25, -0.2) is 4.79 Å². The van der Waals surface area contributed by atoms with Gasteiger partial charge in [-0.2, -0.15) is 11.8 Å². The van der Waals surface area contributed by atoms with Crippen molar-refractivity contribution >= 4 is 23.7 Å². The van der Waals surface area contributed by atoms with Crippen LogP contribution in [0.5, 0.6) is 0 Å². The standard InChI is InChI=1S/C16H24N2O3S/c17-10-6-2-5-9-15(19)21-16(20)14(18)12-22-11-13-7-3-1-4-8-13/h1,3-4,7-8,14H,2,5-6,9-12,17-18H2/t14-/m0/s1. The molecule has 0 radical (unpaired) electrons. The molecular formula is C16H24N2O3S. The van der Waals surface area contributed by atoms with Crippen molar-refractivity contribution in [3.63, 3.8) is 0 Å². The Bertz CT molecular complexity index is 454. The van der Waals surface area contributed by atoms with Gasteiger partial charge in [0.2, 0.25) is 0 Å². The zero-order valence-corrected chi connectivity index (χ0v) is 13.5. The van der Waals surface area contributed by atoms with Crippen LogP contribution in [0.15, 0.2) is 30.3 Å². The van der Waals surface area contributed by atoms with E-state index in [0.717, 1.165) is 18.6 Å². The lowest BCUT2D eigenvalue weighted by atomic mass is 10.2. The Labute approximate surface area is 135 Å². The van der Waals surface area contributed by atoms with Crippen molar-refractivity contribution in [2.45, 2.75) is 37.5 Å². The lowest BCUT2D eigenvalue weighted by molar-refractivity contribution is -0.160. The maximum atomic E-state index is 11.7. The predicted molar refractivity (Wildman–Crippen MR) is 89.2 cm³/mol. The fourth-order valence-corrected chi connectivity index (χ4v) is 2.71. The second-order valence-corrected chi connectivity index (χ2v) is 6.03. The van der Waals surface area contributed by atoms with Crippen LogP contribution in [0.3, 0.4) is 0 Å². The van der Waals surface area contributed by atoms with Crippen LogP contribution in [0, 0.1) is 0 Å². The Balaban J connectivity index is 2.17. The van der Waals surface area contributed by atoms with E-state index in [1.807, 2.05) is 30.3 Å². The molecule has 0 spiro atoms. The number of thioether (sulfide) groups is 1. The molecule has 1 aromatic rings. The Kier molecular flexibility index (Phi) is 9.54. The number of hydrogen-bond donors (Lipinski definition) is 2. The summed E-state index contributed by atoms with van der Waals surface area (Å²) < 4.78 is 4.75. The average molecular weight is 324 g/mol. The molecule has 0 fully saturated rings. The minimum absolute atomic E-state index is 0.232. The first-order valence-electron chi connectivity index (χ1n) is 7.45. The summed E-state index contributed by atoms with van der Waals surface area (Å²) in [6.45, 7) is 0.609. The maximum absolute atomic E-state index is 11.7. The Morgan fingerprint density at radius 1 is 1.14 bits per heavy atom. The molecule has 0 aliphatic carbocycles. The molecule has 0 heterocycles. The Hall–Kier alpha value is -1.37. The summed E-state index contributed by atoms with van der Waals surface area (Å²) in [7, 11) is 0. The zero-order valence-electron chi connectivity index (χ0n) is 12.7. The minimum Gasteiger partial charge on any atom is -0.392 e. The van der Waals surface area contributed by atoms with Crippen molar-refractivity contribution in [3.8, 4) is 0 Å². The summed E-state index contributed by atoms with van der Waals surface area (Å²) in [6, 6.07) is 9.14. The van der Waals surface area contributed by atoms with Gasteiger partial charge >= 0.3 is 11.9 Å². The fraction of sp³-hybridized carbons (Fsp3) is 0.500. The van der Waals surface area contributed by atoms with E-state index in [-0.39, 0.29) is 6.42 Å². The second kappa shape index (κ2) is 11.2. The lowest BCUT2D eigenvalue weighted by Gasteiger charge is -2.10. The summed E-state index contributed by atoms with van der Waals surface area (Å²) in [6.07, 6.45) is 2.65. The molecule has 22 heavy (non-hydrogen) atoms. The van der Waals surface area contributed by atoms with E-state index in [9.17, 15) is 9.59 Å². The third-order valence-corrected chi connectivity index (χ3v) is 4.14. The maximum Gasteiger partial charge on any atom is 0.331 e. The molecule has 0 amide bonds. The molecular weight excluding hydrogens is 300 g/mol. The molecule has 0 aromatic heterocycles. The Morgan fingerprint density at radius 2 is 1.86 bits per heavy atom. The molecule has 1 atom stereocenters. The number of carbonyl (C=O) groups excluding carboxylic acids is 2. The van der Waals surface area contributed by atoms with E-state index in [0.29, 0.717) is 18.7 Å². The van der Waals surface area contributed by atoms with Crippen LogP contribution in [-0.4, -0.2) is 30.3 Å². The van der Waals surface area contributed by atoms with Gasteiger partial charge in [0.25, 0.3) is 0 Å². The quantitative estimate of drug-likeness (QED) is 0.387. The number of ether oxygens (including phenoxy) is 1. The first kappa shape index (κ1) is 18.7. The monoisotopic (exact) mass is 324 g/mol. The van der Waals surface area contributed by atoms with Crippen molar-refractivity contribution in [3.05, 3.63) is 35.9 Å². The highest BCUT2D eigenvalue weighted by atomic mass is 32.2. The van der Waals surface area contributed by atoms with Crippen molar-refractivity contribution in [2.24, 2.45) is 11.5 Å². The second-order valence-electron chi connectivity index (χ2n) is 5.00. The molecule has 0 saturated heterocycles. The van der Waals surface area contributed by atoms with E-state index < -0.39 is 18.0 Å². The number of hydrogen-bond acceptors (Lipinski definition) is 6. The number of nitrogens with two attached hydrogens (primary N) is 2. The predicted octanol–water partition coefficient (Wildman–Crippen LogP) is 1.84. The van der Waals surface area contributed by atoms with Gasteiger partial charge in [0.15, 0.2) is 0 Å². The molecule has 0 unspecified atom stereocenters. The molecule has 5 nitrogen and oxygen atoms in total. The van der Waals surface area contributed by atoms with Gasteiger partial charge in [0.05, 0.1) is 0 Å². The van der Waals surface area contributed by atoms with Gasteiger partial charge in [0.1, 0.15) is 6.04 Å². The van der Waals surface area contributed by atoms with E-state index in [2.05, 4.69) is 0 Å². The highest BCUT2D eigenvalue weighted by Crippen LogP contribution is 2.12. The highest BCUT2D eigenvalue weighted by molar-refractivity contribution is 7.98. The van der Waals surface area contributed by atoms with Crippen LogP contribution in [0.1, 0.15) is 31.2 Å². The third-order valence-electron chi connectivity index (χ3n) is 3.01. The van der Waals surface area contributed by atoms with Crippen molar-refractivity contribution in [1.82, 2.24) is 0 Å². The molecule has 122 valence electrons. The van der Waals surface area contributed by atoms with Crippen LogP contribution in [0.4, 0.5) is 0 Å². The number of esters is 2. The SMILES string of the molecule is NCCCCCC(=O)OC(=O)[C@@H](N)CSCc1ccccc1. The minimum atomic E-state index is -0.776. The first-order chi connectivity index (χ1) is 10.6. The van der Waals surface area contributed by atoms with Crippen LogP contribution >= 0.6 is 11.8 Å². The zero-order chi connectivity index (χ0) is 16.2. The molecule has 0 aliphatic rings. The van der Waals surface area contributed by atoms with Crippen LogP contribution in [-0.2, 0) is 20.1 Å². The Morgan fingerprint density at radius 3 is 2.55 bits per heavy atom. The fourth-order valence-electron chi connectivity index (χ4n) is 1.78. The van der Waals surface area contributed by atoms with Crippen molar-refractivity contribution in [1.29, 1.82) is 0 Å². The van der Waals surface area contributed by atoms with E-state index >= 15 is 0 Å². The molecule has 4 N–H and O–H groups in total. The molecule has 0 saturated carbocycles. The molecule has 6 heteroatoms. The van der Waals surface area contributed by atoms with E-state index in [1.165, 1.54) is 5.56 Å². The van der Waals surface area contributed by atoms with E-state index in [1.54, 1.807) is 11.8 Å². The smallest absolute Gasteiger partial charge is 0.331 e. The third kappa shape index (κ3) is 8.17. The molecule has 0 bridgehead atoms. The summed E-state index contributed by atoms with van der Waals surface area (Å²) in [5.41, 5.74) is 12.3.